The highest BCUT2D eigenvalue weighted by Gasteiger charge is 2.32. The standard InChI is InChI=1S/C21H32F3N5O/c1-3-27-9-11-28(12-10-27)8-7-26-20(25-2)29-13-14-30-19(16-29)17-5-4-6-18(15-17)21(22,23)24/h4-6,15,19H,3,7-14,16H2,1-2H3,(H,25,26). The Bertz CT molecular complexity index is 704. The molecule has 1 aromatic carbocycles. The summed E-state index contributed by atoms with van der Waals surface area (Å²) >= 11 is 0. The first kappa shape index (κ1) is 22.8. The number of hydrogen-bond donors (Lipinski definition) is 1. The van der Waals surface area contributed by atoms with E-state index in [0.717, 1.165) is 57.8 Å². The molecule has 2 heterocycles. The highest BCUT2D eigenvalue weighted by atomic mass is 19.4. The minimum Gasteiger partial charge on any atom is -0.370 e. The number of alkyl halides is 3. The van der Waals surface area contributed by atoms with Crippen molar-refractivity contribution in [3.8, 4) is 0 Å². The van der Waals surface area contributed by atoms with Crippen molar-refractivity contribution in [3.63, 3.8) is 0 Å². The molecule has 0 aromatic heterocycles. The Kier molecular flexibility index (Phi) is 7.96. The van der Waals surface area contributed by atoms with Crippen LogP contribution in [0.1, 0.15) is 24.2 Å². The van der Waals surface area contributed by atoms with Gasteiger partial charge in [0.1, 0.15) is 6.10 Å². The van der Waals surface area contributed by atoms with Gasteiger partial charge in [-0.3, -0.25) is 9.89 Å². The van der Waals surface area contributed by atoms with E-state index in [1.165, 1.54) is 12.1 Å². The molecule has 168 valence electrons. The second-order valence-electron chi connectivity index (χ2n) is 7.68. The van der Waals surface area contributed by atoms with Crippen molar-refractivity contribution in [1.29, 1.82) is 0 Å². The van der Waals surface area contributed by atoms with Crippen molar-refractivity contribution in [3.05, 3.63) is 35.4 Å². The number of morpholine rings is 1. The van der Waals surface area contributed by atoms with Crippen LogP contribution in [0.2, 0.25) is 0 Å². The van der Waals surface area contributed by atoms with E-state index in [1.807, 2.05) is 0 Å². The van der Waals surface area contributed by atoms with Gasteiger partial charge in [-0.25, -0.2) is 0 Å². The summed E-state index contributed by atoms with van der Waals surface area (Å²) in [6, 6.07) is 5.40. The molecule has 2 aliphatic rings. The van der Waals surface area contributed by atoms with Gasteiger partial charge in [-0.05, 0) is 24.2 Å². The van der Waals surface area contributed by atoms with E-state index in [-0.39, 0.29) is 0 Å². The van der Waals surface area contributed by atoms with Crippen molar-refractivity contribution < 1.29 is 17.9 Å². The molecule has 0 amide bonds. The quantitative estimate of drug-likeness (QED) is 0.577. The van der Waals surface area contributed by atoms with Crippen LogP contribution < -0.4 is 5.32 Å². The van der Waals surface area contributed by atoms with E-state index >= 15 is 0 Å². The van der Waals surface area contributed by atoms with E-state index in [1.54, 1.807) is 13.1 Å². The summed E-state index contributed by atoms with van der Waals surface area (Å²) in [6.45, 7) is 10.9. The lowest BCUT2D eigenvalue weighted by Gasteiger charge is -2.36. The van der Waals surface area contributed by atoms with E-state index < -0.39 is 17.8 Å². The molecule has 9 heteroatoms. The fourth-order valence-corrected chi connectivity index (χ4v) is 3.95. The minimum absolute atomic E-state index is 0.415. The number of benzene rings is 1. The molecule has 0 spiro atoms. The molecule has 2 saturated heterocycles. The van der Waals surface area contributed by atoms with Crippen LogP contribution in [0.3, 0.4) is 0 Å². The molecule has 1 N–H and O–H groups in total. The summed E-state index contributed by atoms with van der Waals surface area (Å²) in [7, 11) is 1.73. The number of nitrogens with zero attached hydrogens (tertiary/aromatic N) is 4. The number of aliphatic imine (C=N–C) groups is 1. The SMILES string of the molecule is CCN1CCN(CCNC(=NC)N2CCOC(c3cccc(C(F)(F)F)c3)C2)CC1. The maximum absolute atomic E-state index is 13.0. The summed E-state index contributed by atoms with van der Waals surface area (Å²) < 4.78 is 44.9. The number of guanidine groups is 1. The Morgan fingerprint density at radius 3 is 2.57 bits per heavy atom. The normalized spacial score (nSPS) is 22.4. The van der Waals surface area contributed by atoms with Crippen LogP contribution in [0.5, 0.6) is 0 Å². The molecule has 2 aliphatic heterocycles. The number of hydrogen-bond acceptors (Lipinski definition) is 4. The number of likely N-dealkylation sites (N-methyl/N-ethyl adjacent to an activating group) is 1. The Balaban J connectivity index is 1.52. The zero-order valence-electron chi connectivity index (χ0n) is 17.8. The number of halogens is 3. The lowest BCUT2D eigenvalue weighted by molar-refractivity contribution is -0.137. The molecule has 3 rings (SSSR count). The predicted molar refractivity (Wildman–Crippen MR) is 112 cm³/mol. The van der Waals surface area contributed by atoms with Crippen molar-refractivity contribution in [1.82, 2.24) is 20.0 Å². The number of ether oxygens (including phenoxy) is 1. The van der Waals surface area contributed by atoms with Gasteiger partial charge in [0.15, 0.2) is 5.96 Å². The zero-order valence-corrected chi connectivity index (χ0v) is 17.8. The molecule has 0 aliphatic carbocycles. The Morgan fingerprint density at radius 2 is 1.90 bits per heavy atom. The average molecular weight is 428 g/mol. The van der Waals surface area contributed by atoms with Crippen LogP contribution in [-0.2, 0) is 10.9 Å². The van der Waals surface area contributed by atoms with E-state index in [4.69, 9.17) is 4.74 Å². The summed E-state index contributed by atoms with van der Waals surface area (Å²) in [5.41, 5.74) is -0.106. The molecule has 30 heavy (non-hydrogen) atoms. The largest absolute Gasteiger partial charge is 0.416 e. The highest BCUT2D eigenvalue weighted by molar-refractivity contribution is 5.80. The zero-order chi connectivity index (χ0) is 21.6. The fraction of sp³-hybridized carbons (Fsp3) is 0.667. The van der Waals surface area contributed by atoms with Crippen LogP contribution in [-0.4, -0.2) is 93.2 Å². The first-order valence-corrected chi connectivity index (χ1v) is 10.6. The van der Waals surface area contributed by atoms with Crippen LogP contribution in [0.25, 0.3) is 0 Å². The minimum atomic E-state index is -4.36. The molecular weight excluding hydrogens is 395 g/mol. The van der Waals surface area contributed by atoms with Crippen LogP contribution in [0.4, 0.5) is 13.2 Å². The fourth-order valence-electron chi connectivity index (χ4n) is 3.95. The van der Waals surface area contributed by atoms with Gasteiger partial charge in [-0.1, -0.05) is 19.1 Å². The second kappa shape index (κ2) is 10.5. The highest BCUT2D eigenvalue weighted by Crippen LogP contribution is 2.32. The second-order valence-corrected chi connectivity index (χ2v) is 7.68. The molecular formula is C21H32F3N5O. The molecule has 6 nitrogen and oxygen atoms in total. The Hall–Kier alpha value is -1.84. The summed E-state index contributed by atoms with van der Waals surface area (Å²) in [5, 5.41) is 3.40. The number of rotatable bonds is 5. The average Bonchev–Trinajstić information content (AvgIpc) is 2.77. The number of nitrogens with one attached hydrogen (secondary N) is 1. The van der Waals surface area contributed by atoms with Crippen LogP contribution in [0, 0.1) is 0 Å². The van der Waals surface area contributed by atoms with Crippen molar-refractivity contribution in [2.24, 2.45) is 4.99 Å². The topological polar surface area (TPSA) is 43.3 Å². The van der Waals surface area contributed by atoms with Crippen molar-refractivity contribution in [2.75, 3.05) is 72.6 Å². The lowest BCUT2D eigenvalue weighted by Crippen LogP contribution is -2.51. The van der Waals surface area contributed by atoms with Crippen molar-refractivity contribution >= 4 is 5.96 Å². The van der Waals surface area contributed by atoms with Crippen LogP contribution >= 0.6 is 0 Å². The summed E-state index contributed by atoms with van der Waals surface area (Å²) in [4.78, 5) is 11.3. The maximum atomic E-state index is 13.0. The number of piperazine rings is 1. The summed E-state index contributed by atoms with van der Waals surface area (Å²) in [5.74, 6) is 0.766. The van der Waals surface area contributed by atoms with Gasteiger partial charge >= 0.3 is 6.18 Å². The van der Waals surface area contributed by atoms with Gasteiger partial charge in [-0.15, -0.1) is 0 Å². The van der Waals surface area contributed by atoms with Gasteiger partial charge in [0.05, 0.1) is 18.7 Å². The molecule has 0 radical (unpaired) electrons. The van der Waals surface area contributed by atoms with E-state index in [2.05, 4.69) is 31.9 Å². The third-order valence-electron chi connectivity index (χ3n) is 5.79. The van der Waals surface area contributed by atoms with Gasteiger partial charge in [0.25, 0.3) is 0 Å². The van der Waals surface area contributed by atoms with Gasteiger partial charge in [-0.2, -0.15) is 13.2 Å². The van der Waals surface area contributed by atoms with E-state index in [0.29, 0.717) is 25.3 Å². The molecule has 1 atom stereocenters. The molecule has 0 bridgehead atoms. The molecule has 0 saturated carbocycles. The van der Waals surface area contributed by atoms with E-state index in [9.17, 15) is 13.2 Å². The monoisotopic (exact) mass is 427 g/mol. The Labute approximate surface area is 176 Å². The molecule has 1 unspecified atom stereocenters. The Morgan fingerprint density at radius 1 is 1.17 bits per heavy atom. The van der Waals surface area contributed by atoms with Gasteiger partial charge in [0, 0.05) is 52.9 Å². The smallest absolute Gasteiger partial charge is 0.370 e. The predicted octanol–water partition coefficient (Wildman–Crippen LogP) is 2.29. The van der Waals surface area contributed by atoms with Gasteiger partial charge < -0.3 is 19.9 Å². The third-order valence-corrected chi connectivity index (χ3v) is 5.79. The van der Waals surface area contributed by atoms with Gasteiger partial charge in [0.2, 0.25) is 0 Å². The maximum Gasteiger partial charge on any atom is 0.416 e. The van der Waals surface area contributed by atoms with Crippen LogP contribution in [0.15, 0.2) is 29.3 Å². The molecule has 1 aromatic rings. The first-order chi connectivity index (χ1) is 14.4. The van der Waals surface area contributed by atoms with Crippen molar-refractivity contribution in [2.45, 2.75) is 19.2 Å². The third kappa shape index (κ3) is 6.09. The summed E-state index contributed by atoms with van der Waals surface area (Å²) in [6.07, 6.45) is -4.77. The lowest BCUT2D eigenvalue weighted by atomic mass is 10.0. The molecule has 2 fully saturated rings. The first-order valence-electron chi connectivity index (χ1n) is 10.6.